The van der Waals surface area contributed by atoms with E-state index in [-0.39, 0.29) is 5.56 Å². The molecule has 5 nitrogen and oxygen atoms in total. The molecule has 0 aliphatic carbocycles. The molecule has 0 radical (unpaired) electrons. The van der Waals surface area contributed by atoms with E-state index < -0.39 is 36.0 Å². The summed E-state index contributed by atoms with van der Waals surface area (Å²) in [5.41, 5.74) is -1.01. The first-order valence-corrected chi connectivity index (χ1v) is 6.49. The van der Waals surface area contributed by atoms with Crippen molar-refractivity contribution in [3.05, 3.63) is 35.6 Å². The Bertz CT molecular complexity index is 588. The molecule has 0 spiro atoms. The summed E-state index contributed by atoms with van der Waals surface area (Å²) >= 11 is 0. The minimum Gasteiger partial charge on any atom is -0.444 e. The summed E-state index contributed by atoms with van der Waals surface area (Å²) < 4.78 is 34.3. The van der Waals surface area contributed by atoms with Crippen molar-refractivity contribution in [1.82, 2.24) is 10.6 Å². The van der Waals surface area contributed by atoms with Crippen LogP contribution in [0.5, 0.6) is 0 Å². The molecule has 1 atom stereocenters. The van der Waals surface area contributed by atoms with Crippen molar-refractivity contribution in [3.8, 4) is 0 Å². The Kier molecular flexibility index (Phi) is 4.66. The standard InChI is InChI=1S/C15H21FN2O3/c1-10(18-14(20)21-15(2,3)4)13(19)17-9-11-7-5-6-8-12(11)16/h5-8,10H,9H2,1-4H3,(H,17,19)(H,18,20)/t10-/m0/s1/i9D2. The number of hydrogen-bond donors (Lipinski definition) is 2. The monoisotopic (exact) mass is 298 g/mol. The molecule has 0 fully saturated rings. The van der Waals surface area contributed by atoms with Crippen molar-refractivity contribution in [1.29, 1.82) is 0 Å². The van der Waals surface area contributed by atoms with Crippen LogP contribution in [0, 0.1) is 5.82 Å². The number of benzene rings is 1. The molecule has 2 N–H and O–H groups in total. The molecule has 0 bridgehead atoms. The largest absolute Gasteiger partial charge is 0.444 e. The Labute approximate surface area is 126 Å². The summed E-state index contributed by atoms with van der Waals surface area (Å²) in [5.74, 6) is -1.57. The lowest BCUT2D eigenvalue weighted by molar-refractivity contribution is -0.122. The molecule has 116 valence electrons. The zero-order valence-corrected chi connectivity index (χ0v) is 12.5. The minimum atomic E-state index is -2.41. The number of hydrogen-bond acceptors (Lipinski definition) is 3. The van der Waals surface area contributed by atoms with Crippen molar-refractivity contribution < 1.29 is 21.5 Å². The number of alkyl carbamates (subject to hydrolysis) is 1. The maximum atomic E-state index is 13.7. The molecule has 0 saturated carbocycles. The molecule has 0 aliphatic rings. The quantitative estimate of drug-likeness (QED) is 0.896. The van der Waals surface area contributed by atoms with Gasteiger partial charge in [0.2, 0.25) is 5.91 Å². The fourth-order valence-electron chi connectivity index (χ4n) is 1.35. The Morgan fingerprint density at radius 1 is 1.38 bits per heavy atom. The lowest BCUT2D eigenvalue weighted by Gasteiger charge is -2.21. The highest BCUT2D eigenvalue weighted by Gasteiger charge is 2.20. The predicted molar refractivity (Wildman–Crippen MR) is 77.1 cm³/mol. The molecule has 21 heavy (non-hydrogen) atoms. The number of halogens is 1. The number of carbonyl (C=O) groups excluding carboxylic acids is 2. The van der Waals surface area contributed by atoms with E-state index in [1.165, 1.54) is 25.1 Å². The van der Waals surface area contributed by atoms with E-state index in [4.69, 9.17) is 7.48 Å². The van der Waals surface area contributed by atoms with E-state index in [1.54, 1.807) is 20.8 Å². The average Bonchev–Trinajstić information content (AvgIpc) is 2.35. The molecule has 1 rings (SSSR count). The van der Waals surface area contributed by atoms with Crippen molar-refractivity contribution in [2.75, 3.05) is 0 Å². The maximum Gasteiger partial charge on any atom is 0.408 e. The Balaban J connectivity index is 2.71. The van der Waals surface area contributed by atoms with Crippen LogP contribution < -0.4 is 10.6 Å². The van der Waals surface area contributed by atoms with Crippen LogP contribution in [0.25, 0.3) is 0 Å². The van der Waals surface area contributed by atoms with Crippen molar-refractivity contribution >= 4 is 12.0 Å². The topological polar surface area (TPSA) is 67.4 Å². The van der Waals surface area contributed by atoms with Crippen molar-refractivity contribution in [2.45, 2.75) is 45.8 Å². The lowest BCUT2D eigenvalue weighted by atomic mass is 10.2. The van der Waals surface area contributed by atoms with Gasteiger partial charge < -0.3 is 15.4 Å². The van der Waals surface area contributed by atoms with Crippen LogP contribution in [0.4, 0.5) is 9.18 Å². The van der Waals surface area contributed by atoms with Crippen LogP contribution in [0.3, 0.4) is 0 Å². The Morgan fingerprint density at radius 3 is 2.57 bits per heavy atom. The van der Waals surface area contributed by atoms with Crippen LogP contribution in [0.2, 0.25) is 0 Å². The zero-order valence-electron chi connectivity index (χ0n) is 14.5. The highest BCUT2D eigenvalue weighted by molar-refractivity contribution is 5.85. The average molecular weight is 298 g/mol. The van der Waals surface area contributed by atoms with E-state index in [0.29, 0.717) is 0 Å². The third kappa shape index (κ3) is 6.25. The van der Waals surface area contributed by atoms with Crippen LogP contribution in [-0.2, 0) is 16.0 Å². The summed E-state index contributed by atoms with van der Waals surface area (Å²) in [7, 11) is 0. The van der Waals surface area contributed by atoms with Crippen LogP contribution in [-0.4, -0.2) is 23.6 Å². The molecule has 2 amide bonds. The number of amides is 2. The SMILES string of the molecule is [2H]C([2H])(NC(=O)[C@H](C)NC(=O)OC(C)(C)C)c1ccccc1F. The highest BCUT2D eigenvalue weighted by atomic mass is 19.1. The van der Waals surface area contributed by atoms with Gasteiger partial charge in [0.1, 0.15) is 17.5 Å². The van der Waals surface area contributed by atoms with Crippen LogP contribution in [0.1, 0.15) is 36.0 Å². The smallest absolute Gasteiger partial charge is 0.408 e. The number of ether oxygens (including phenoxy) is 1. The molecule has 0 saturated heterocycles. The number of carbonyl (C=O) groups is 2. The molecule has 0 heterocycles. The summed E-state index contributed by atoms with van der Waals surface area (Å²) in [5, 5.41) is 4.36. The zero-order chi connectivity index (χ0) is 17.8. The number of rotatable bonds is 4. The first-order chi connectivity index (χ1) is 10.4. The Morgan fingerprint density at radius 2 is 2.00 bits per heavy atom. The second kappa shape index (κ2) is 7.06. The van der Waals surface area contributed by atoms with E-state index in [1.807, 2.05) is 0 Å². The van der Waals surface area contributed by atoms with Gasteiger partial charge in [-0.2, -0.15) is 0 Å². The van der Waals surface area contributed by atoms with Gasteiger partial charge >= 0.3 is 6.09 Å². The first-order valence-electron chi connectivity index (χ1n) is 7.49. The van der Waals surface area contributed by atoms with Gasteiger partial charge in [-0.1, -0.05) is 18.2 Å². The molecule has 1 aromatic rings. The molecule has 0 unspecified atom stereocenters. The predicted octanol–water partition coefficient (Wildman–Crippen LogP) is 2.36. The summed E-state index contributed by atoms with van der Waals surface area (Å²) in [6.45, 7) is 3.99. The minimum absolute atomic E-state index is 0.294. The summed E-state index contributed by atoms with van der Waals surface area (Å²) in [6, 6.07) is 4.17. The van der Waals surface area contributed by atoms with Gasteiger partial charge in [0.15, 0.2) is 0 Å². The van der Waals surface area contributed by atoms with Gasteiger partial charge in [-0.15, -0.1) is 0 Å². The molecule has 1 aromatic carbocycles. The van der Waals surface area contributed by atoms with Gasteiger partial charge in [-0.05, 0) is 33.8 Å². The molecule has 0 aliphatic heterocycles. The maximum absolute atomic E-state index is 13.7. The second-order valence-electron chi connectivity index (χ2n) is 5.46. The summed E-state index contributed by atoms with van der Waals surface area (Å²) in [4.78, 5) is 23.6. The van der Waals surface area contributed by atoms with Gasteiger partial charge in [-0.3, -0.25) is 4.79 Å². The van der Waals surface area contributed by atoms with Gasteiger partial charge in [0, 0.05) is 12.1 Å². The van der Waals surface area contributed by atoms with Crippen LogP contribution >= 0.6 is 0 Å². The fraction of sp³-hybridized carbons (Fsp3) is 0.467. The van der Waals surface area contributed by atoms with E-state index in [9.17, 15) is 14.0 Å². The van der Waals surface area contributed by atoms with E-state index in [2.05, 4.69) is 10.6 Å². The Hall–Kier alpha value is -2.11. The molecule has 0 aromatic heterocycles. The van der Waals surface area contributed by atoms with E-state index in [0.717, 1.165) is 6.07 Å². The second-order valence-corrected chi connectivity index (χ2v) is 5.46. The first kappa shape index (κ1) is 13.9. The van der Waals surface area contributed by atoms with Crippen LogP contribution in [0.15, 0.2) is 24.3 Å². The lowest BCUT2D eigenvalue weighted by Crippen LogP contribution is -2.46. The normalized spacial score (nSPS) is 14.5. The third-order valence-corrected chi connectivity index (χ3v) is 2.32. The van der Waals surface area contributed by atoms with Gasteiger partial charge in [0.25, 0.3) is 0 Å². The molecular weight excluding hydrogens is 275 g/mol. The van der Waals surface area contributed by atoms with Crippen molar-refractivity contribution in [3.63, 3.8) is 0 Å². The third-order valence-electron chi connectivity index (χ3n) is 2.32. The highest BCUT2D eigenvalue weighted by Crippen LogP contribution is 2.07. The van der Waals surface area contributed by atoms with E-state index >= 15 is 0 Å². The van der Waals surface area contributed by atoms with Gasteiger partial charge in [0.05, 0.1) is 2.74 Å². The van der Waals surface area contributed by atoms with Gasteiger partial charge in [-0.25, -0.2) is 9.18 Å². The number of nitrogens with one attached hydrogen (secondary N) is 2. The van der Waals surface area contributed by atoms with Crippen molar-refractivity contribution in [2.24, 2.45) is 0 Å². The molecular formula is C15H21FN2O3. The molecule has 6 heteroatoms. The fourth-order valence-corrected chi connectivity index (χ4v) is 1.35. The summed E-state index contributed by atoms with van der Waals surface area (Å²) in [6.07, 6.45) is -0.799.